The van der Waals surface area contributed by atoms with Gasteiger partial charge in [-0.1, -0.05) is 52.0 Å². The van der Waals surface area contributed by atoms with Gasteiger partial charge >= 0.3 is 5.97 Å². The molecule has 3 rings (SSSR count). The molecular formula is C26H41NO4. The minimum absolute atomic E-state index is 0.0264. The topological polar surface area (TPSA) is 78.8 Å². The zero-order valence-electron chi connectivity index (χ0n) is 19.5. The highest BCUT2D eigenvalue weighted by molar-refractivity contribution is 5.69. The molecule has 31 heavy (non-hydrogen) atoms. The summed E-state index contributed by atoms with van der Waals surface area (Å²) in [7, 11) is 1.77. The van der Waals surface area contributed by atoms with Crippen LogP contribution in [0.25, 0.3) is 0 Å². The van der Waals surface area contributed by atoms with E-state index in [2.05, 4.69) is 19.2 Å². The standard InChI is InChI=1S/C26H41NO4/c1-4-26(5-2)22-17-21(28)12-11-19(22)16-23(31-3)24(26)27-14-13-20(25(29)30)15-18-9-7-6-8-10-18/h11-12,17-18,20,23-24,27-28H,4-10,13-16H2,1-3H3,(H,29,30)/t20-,23+,24+/m1/s1. The van der Waals surface area contributed by atoms with E-state index in [9.17, 15) is 15.0 Å². The summed E-state index contributed by atoms with van der Waals surface area (Å²) < 4.78 is 5.93. The minimum Gasteiger partial charge on any atom is -0.508 e. The number of nitrogens with one attached hydrogen (secondary N) is 1. The number of aliphatic carboxylic acids is 1. The van der Waals surface area contributed by atoms with Gasteiger partial charge in [-0.2, -0.15) is 0 Å². The van der Waals surface area contributed by atoms with E-state index in [1.54, 1.807) is 13.2 Å². The fourth-order valence-corrected chi connectivity index (χ4v) is 6.26. The van der Waals surface area contributed by atoms with Gasteiger partial charge in [0.25, 0.3) is 0 Å². The largest absolute Gasteiger partial charge is 0.508 e. The summed E-state index contributed by atoms with van der Waals surface area (Å²) in [6.45, 7) is 5.07. The summed E-state index contributed by atoms with van der Waals surface area (Å²) in [5.74, 6) is -0.0736. The summed E-state index contributed by atoms with van der Waals surface area (Å²) in [4.78, 5) is 11.9. The third-order valence-corrected chi connectivity index (χ3v) is 8.13. The average Bonchev–Trinajstić information content (AvgIpc) is 2.78. The third kappa shape index (κ3) is 5.25. The van der Waals surface area contributed by atoms with E-state index in [-0.39, 0.29) is 23.5 Å². The Bertz CT molecular complexity index is 724. The van der Waals surface area contributed by atoms with Crippen molar-refractivity contribution in [1.29, 1.82) is 0 Å². The summed E-state index contributed by atoms with van der Waals surface area (Å²) in [6, 6.07) is 5.80. The van der Waals surface area contributed by atoms with Crippen molar-refractivity contribution in [1.82, 2.24) is 5.32 Å². The van der Waals surface area contributed by atoms with E-state index in [4.69, 9.17) is 4.74 Å². The average molecular weight is 432 g/mol. The molecule has 1 fully saturated rings. The molecule has 0 saturated heterocycles. The van der Waals surface area contributed by atoms with Crippen LogP contribution in [-0.4, -0.2) is 42.0 Å². The highest BCUT2D eigenvalue weighted by atomic mass is 16.5. The first-order valence-electron chi connectivity index (χ1n) is 12.3. The van der Waals surface area contributed by atoms with Crippen LogP contribution in [0.3, 0.4) is 0 Å². The van der Waals surface area contributed by atoms with Gasteiger partial charge in [-0.25, -0.2) is 0 Å². The number of hydrogen-bond donors (Lipinski definition) is 3. The predicted octanol–water partition coefficient (Wildman–Crippen LogP) is 5.04. The Labute approximate surface area is 187 Å². The lowest BCUT2D eigenvalue weighted by atomic mass is 9.62. The molecule has 0 aromatic heterocycles. The second kappa shape index (κ2) is 10.8. The van der Waals surface area contributed by atoms with Gasteiger partial charge in [-0.15, -0.1) is 0 Å². The Hall–Kier alpha value is -1.59. The zero-order chi connectivity index (χ0) is 22.4. The lowest BCUT2D eigenvalue weighted by Gasteiger charge is -2.49. The number of ether oxygens (including phenoxy) is 1. The Morgan fingerprint density at radius 3 is 2.55 bits per heavy atom. The van der Waals surface area contributed by atoms with Crippen molar-refractivity contribution in [3.63, 3.8) is 0 Å². The molecule has 1 saturated carbocycles. The second-order valence-corrected chi connectivity index (χ2v) is 9.68. The molecule has 0 unspecified atom stereocenters. The van der Waals surface area contributed by atoms with Crippen molar-refractivity contribution in [3.05, 3.63) is 29.3 Å². The van der Waals surface area contributed by atoms with Crippen LogP contribution in [-0.2, 0) is 21.4 Å². The van der Waals surface area contributed by atoms with E-state index >= 15 is 0 Å². The van der Waals surface area contributed by atoms with E-state index in [1.807, 2.05) is 12.1 Å². The Balaban J connectivity index is 1.73. The molecule has 5 nitrogen and oxygen atoms in total. The molecule has 2 aliphatic carbocycles. The number of carboxylic acids is 1. The lowest BCUT2D eigenvalue weighted by molar-refractivity contribution is -0.142. The molecule has 0 radical (unpaired) electrons. The Morgan fingerprint density at radius 2 is 1.94 bits per heavy atom. The monoisotopic (exact) mass is 431 g/mol. The first-order chi connectivity index (χ1) is 14.9. The molecule has 3 N–H and O–H groups in total. The number of carboxylic acid groups (broad SMARTS) is 1. The van der Waals surface area contributed by atoms with Gasteiger partial charge < -0.3 is 20.3 Å². The van der Waals surface area contributed by atoms with Crippen LogP contribution in [0.4, 0.5) is 0 Å². The van der Waals surface area contributed by atoms with E-state index in [0.717, 1.165) is 25.7 Å². The number of rotatable bonds is 10. The van der Waals surface area contributed by atoms with Gasteiger partial charge in [0.2, 0.25) is 0 Å². The van der Waals surface area contributed by atoms with E-state index in [1.165, 1.54) is 43.2 Å². The smallest absolute Gasteiger partial charge is 0.306 e. The Morgan fingerprint density at radius 1 is 1.23 bits per heavy atom. The number of fused-ring (bicyclic) bond motifs is 1. The van der Waals surface area contributed by atoms with Gasteiger partial charge in [0, 0.05) is 25.0 Å². The fourth-order valence-electron chi connectivity index (χ4n) is 6.26. The molecular weight excluding hydrogens is 390 g/mol. The van der Waals surface area contributed by atoms with Crippen LogP contribution in [0.2, 0.25) is 0 Å². The van der Waals surface area contributed by atoms with Crippen LogP contribution in [0.15, 0.2) is 18.2 Å². The van der Waals surface area contributed by atoms with Crippen molar-refractivity contribution >= 4 is 5.97 Å². The number of carbonyl (C=O) groups is 1. The quantitative estimate of drug-likeness (QED) is 0.484. The van der Waals surface area contributed by atoms with Crippen LogP contribution in [0.5, 0.6) is 5.75 Å². The normalized spacial score (nSPS) is 24.5. The van der Waals surface area contributed by atoms with Crippen molar-refractivity contribution < 1.29 is 19.7 Å². The first-order valence-corrected chi connectivity index (χ1v) is 12.3. The molecule has 1 aromatic rings. The number of hydrogen-bond acceptors (Lipinski definition) is 4. The number of phenolic OH excluding ortho intramolecular Hbond substituents is 1. The molecule has 0 heterocycles. The van der Waals surface area contributed by atoms with Crippen molar-refractivity contribution in [2.45, 2.75) is 95.6 Å². The number of methoxy groups -OCH3 is 1. The molecule has 3 atom stereocenters. The van der Waals surface area contributed by atoms with Crippen LogP contribution in [0.1, 0.15) is 82.8 Å². The van der Waals surface area contributed by atoms with Gasteiger partial charge in [-0.05, 0) is 61.4 Å². The fraction of sp³-hybridized carbons (Fsp3) is 0.731. The van der Waals surface area contributed by atoms with E-state index < -0.39 is 5.97 Å². The highest BCUT2D eigenvalue weighted by Gasteiger charge is 2.46. The zero-order valence-corrected chi connectivity index (χ0v) is 19.5. The molecule has 5 heteroatoms. The molecule has 0 bridgehead atoms. The van der Waals surface area contributed by atoms with Crippen LogP contribution in [0, 0.1) is 11.8 Å². The number of benzene rings is 1. The van der Waals surface area contributed by atoms with Gasteiger partial charge in [-0.3, -0.25) is 4.79 Å². The molecule has 1 aromatic carbocycles. The van der Waals surface area contributed by atoms with Gasteiger partial charge in [0.15, 0.2) is 0 Å². The molecule has 0 amide bonds. The van der Waals surface area contributed by atoms with Gasteiger partial charge in [0.1, 0.15) is 5.75 Å². The predicted molar refractivity (Wildman–Crippen MR) is 124 cm³/mol. The SMILES string of the molecule is CCC1(CC)c2cc(O)ccc2C[C@H](OC)[C@@H]1NCC[C@H](CC1CCCCC1)C(=O)O. The van der Waals surface area contributed by atoms with Crippen molar-refractivity contribution in [2.75, 3.05) is 13.7 Å². The maximum absolute atomic E-state index is 11.9. The molecule has 174 valence electrons. The van der Waals surface area contributed by atoms with E-state index in [0.29, 0.717) is 24.6 Å². The van der Waals surface area contributed by atoms with Crippen molar-refractivity contribution in [2.24, 2.45) is 11.8 Å². The Kier molecular flexibility index (Phi) is 8.40. The van der Waals surface area contributed by atoms with Crippen LogP contribution < -0.4 is 5.32 Å². The lowest BCUT2D eigenvalue weighted by Crippen LogP contribution is -2.59. The van der Waals surface area contributed by atoms with Gasteiger partial charge in [0.05, 0.1) is 12.0 Å². The van der Waals surface area contributed by atoms with Crippen molar-refractivity contribution in [3.8, 4) is 5.75 Å². The maximum atomic E-state index is 11.9. The summed E-state index contributed by atoms with van der Waals surface area (Å²) in [6.07, 6.45) is 10.3. The third-order valence-electron chi connectivity index (χ3n) is 8.13. The number of phenols is 1. The molecule has 2 aliphatic rings. The van der Waals surface area contributed by atoms with Crippen LogP contribution >= 0.6 is 0 Å². The summed E-state index contributed by atoms with van der Waals surface area (Å²) >= 11 is 0. The summed E-state index contributed by atoms with van der Waals surface area (Å²) in [5, 5.41) is 23.7. The minimum atomic E-state index is -0.660. The molecule has 0 spiro atoms. The first kappa shape index (κ1) is 24.1. The molecule has 0 aliphatic heterocycles. The highest BCUT2D eigenvalue weighted by Crippen LogP contribution is 2.44. The maximum Gasteiger partial charge on any atom is 0.306 e. The summed E-state index contributed by atoms with van der Waals surface area (Å²) in [5.41, 5.74) is 2.31. The number of aromatic hydroxyl groups is 1. The second-order valence-electron chi connectivity index (χ2n) is 9.68.